The van der Waals surface area contributed by atoms with Gasteiger partial charge in [0.1, 0.15) is 18.4 Å². The van der Waals surface area contributed by atoms with Gasteiger partial charge in [0, 0.05) is 13.1 Å². The minimum Gasteiger partial charge on any atom is -0.354 e. The smallest absolute Gasteiger partial charge is 0.244 e. The van der Waals surface area contributed by atoms with Crippen molar-refractivity contribution in [3.8, 4) is 0 Å². The summed E-state index contributed by atoms with van der Waals surface area (Å²) in [5.41, 5.74) is 2.05. The van der Waals surface area contributed by atoms with Crippen molar-refractivity contribution in [3.05, 3.63) is 65.5 Å². The van der Waals surface area contributed by atoms with Gasteiger partial charge in [0.15, 0.2) is 0 Å². The number of amides is 2. The number of hydrogen-bond acceptors (Lipinski definition) is 4. The van der Waals surface area contributed by atoms with E-state index in [1.54, 1.807) is 31.2 Å². The van der Waals surface area contributed by atoms with Crippen molar-refractivity contribution in [2.75, 3.05) is 23.7 Å². The van der Waals surface area contributed by atoms with Crippen molar-refractivity contribution in [2.24, 2.45) is 0 Å². The summed E-state index contributed by atoms with van der Waals surface area (Å²) < 4.78 is 39.8. The molecule has 2 aromatic carbocycles. The number of nitrogens with one attached hydrogen (secondary N) is 1. The van der Waals surface area contributed by atoms with Gasteiger partial charge in [-0.15, -0.1) is 0 Å². The molecule has 192 valence electrons. The summed E-state index contributed by atoms with van der Waals surface area (Å²) in [5, 5.41) is 2.82. The fraction of sp³-hybridized carbons (Fsp3) is 0.462. The van der Waals surface area contributed by atoms with E-state index in [1.807, 2.05) is 32.9 Å². The van der Waals surface area contributed by atoms with Crippen LogP contribution in [0.5, 0.6) is 0 Å². The molecule has 0 unspecified atom stereocenters. The molecule has 0 heterocycles. The third-order valence-electron chi connectivity index (χ3n) is 5.73. The van der Waals surface area contributed by atoms with Gasteiger partial charge in [-0.25, -0.2) is 12.8 Å². The fourth-order valence-electron chi connectivity index (χ4n) is 3.71. The second-order valence-corrected chi connectivity index (χ2v) is 10.8. The molecule has 0 bridgehead atoms. The maximum atomic E-state index is 13.6. The van der Waals surface area contributed by atoms with Gasteiger partial charge >= 0.3 is 0 Å². The summed E-state index contributed by atoms with van der Waals surface area (Å²) in [6, 6.07) is 11.9. The van der Waals surface area contributed by atoms with E-state index in [9.17, 15) is 22.4 Å². The Bertz CT molecular complexity index is 1090. The van der Waals surface area contributed by atoms with Crippen molar-refractivity contribution in [1.82, 2.24) is 10.2 Å². The Balaban J connectivity index is 2.40. The van der Waals surface area contributed by atoms with Crippen LogP contribution in [0.4, 0.5) is 10.1 Å². The second kappa shape index (κ2) is 12.7. The van der Waals surface area contributed by atoms with E-state index in [1.165, 1.54) is 17.0 Å². The third-order valence-corrected chi connectivity index (χ3v) is 6.87. The molecular formula is C26H36FN3O4S. The zero-order chi connectivity index (χ0) is 26.2. The quantitative estimate of drug-likeness (QED) is 0.472. The van der Waals surface area contributed by atoms with Gasteiger partial charge in [-0.2, -0.15) is 0 Å². The largest absolute Gasteiger partial charge is 0.354 e. The molecule has 0 saturated heterocycles. The van der Waals surface area contributed by atoms with Crippen LogP contribution in [0.3, 0.4) is 0 Å². The number of sulfonamides is 1. The summed E-state index contributed by atoms with van der Waals surface area (Å²) >= 11 is 0. The summed E-state index contributed by atoms with van der Waals surface area (Å²) in [6.45, 7) is 7.84. The topological polar surface area (TPSA) is 86.8 Å². The van der Waals surface area contributed by atoms with Crippen LogP contribution in [0.1, 0.15) is 57.6 Å². The molecule has 2 aromatic rings. The van der Waals surface area contributed by atoms with Crippen LogP contribution >= 0.6 is 0 Å². The number of nitrogens with zero attached hydrogens (tertiary/aromatic N) is 2. The molecule has 0 aromatic heterocycles. The highest BCUT2D eigenvalue weighted by Gasteiger charge is 2.31. The Morgan fingerprint density at radius 1 is 1.00 bits per heavy atom. The second-order valence-electron chi connectivity index (χ2n) is 8.88. The molecule has 2 amide bonds. The van der Waals surface area contributed by atoms with Gasteiger partial charge < -0.3 is 10.2 Å². The Morgan fingerprint density at radius 2 is 1.60 bits per heavy atom. The lowest BCUT2D eigenvalue weighted by Crippen LogP contribution is -2.52. The highest BCUT2D eigenvalue weighted by atomic mass is 32.2. The standard InChI is InChI=1S/C26H36FN3O4S/c1-6-16-28-26(32)24(7-2)29(17-20-8-12-22(27)13-9-20)25(31)18-30(35(5,33)34)23-14-10-21(11-15-23)19(3)4/h8-15,19,24H,6-7,16-18H2,1-5H3,(H,28,32)/t24-/m0/s1. The molecule has 0 saturated carbocycles. The van der Waals surface area contributed by atoms with E-state index in [0.29, 0.717) is 24.2 Å². The number of carbonyl (C=O) groups excluding carboxylic acids is 2. The van der Waals surface area contributed by atoms with E-state index in [4.69, 9.17) is 0 Å². The normalized spacial score (nSPS) is 12.3. The van der Waals surface area contributed by atoms with E-state index >= 15 is 0 Å². The predicted octanol–water partition coefficient (Wildman–Crippen LogP) is 4.05. The van der Waals surface area contributed by atoms with Crippen LogP contribution in [0.25, 0.3) is 0 Å². The van der Waals surface area contributed by atoms with Gasteiger partial charge in [-0.3, -0.25) is 13.9 Å². The average molecular weight is 506 g/mol. The molecular weight excluding hydrogens is 469 g/mol. The number of halogens is 1. The highest BCUT2D eigenvalue weighted by molar-refractivity contribution is 7.92. The number of hydrogen-bond donors (Lipinski definition) is 1. The van der Waals surface area contributed by atoms with Gasteiger partial charge in [-0.05, 0) is 54.2 Å². The Morgan fingerprint density at radius 3 is 2.09 bits per heavy atom. The zero-order valence-corrected chi connectivity index (χ0v) is 21.9. The number of rotatable bonds is 12. The van der Waals surface area contributed by atoms with Gasteiger partial charge in [0.2, 0.25) is 21.8 Å². The first kappa shape index (κ1) is 28.3. The average Bonchev–Trinajstić information content (AvgIpc) is 2.81. The van der Waals surface area contributed by atoms with E-state index in [2.05, 4.69) is 5.32 Å². The van der Waals surface area contributed by atoms with Crippen molar-refractivity contribution >= 4 is 27.5 Å². The summed E-state index contributed by atoms with van der Waals surface area (Å²) in [4.78, 5) is 27.8. The van der Waals surface area contributed by atoms with Crippen LogP contribution in [-0.2, 0) is 26.2 Å². The summed E-state index contributed by atoms with van der Waals surface area (Å²) in [5.74, 6) is -0.967. The van der Waals surface area contributed by atoms with Gasteiger partial charge in [-0.1, -0.05) is 52.0 Å². The summed E-state index contributed by atoms with van der Waals surface area (Å²) in [7, 11) is -3.79. The molecule has 1 atom stereocenters. The van der Waals surface area contributed by atoms with E-state index < -0.39 is 34.3 Å². The van der Waals surface area contributed by atoms with Crippen molar-refractivity contribution in [3.63, 3.8) is 0 Å². The van der Waals surface area contributed by atoms with Crippen LogP contribution in [0, 0.1) is 5.82 Å². The molecule has 0 radical (unpaired) electrons. The van der Waals surface area contributed by atoms with Crippen LogP contribution in [-0.4, -0.2) is 50.5 Å². The van der Waals surface area contributed by atoms with Crippen LogP contribution in [0.15, 0.2) is 48.5 Å². The first-order valence-corrected chi connectivity index (χ1v) is 13.7. The predicted molar refractivity (Wildman–Crippen MR) is 137 cm³/mol. The molecule has 2 rings (SSSR count). The molecule has 35 heavy (non-hydrogen) atoms. The highest BCUT2D eigenvalue weighted by Crippen LogP contribution is 2.23. The van der Waals surface area contributed by atoms with E-state index in [0.717, 1.165) is 22.5 Å². The van der Waals surface area contributed by atoms with Crippen LogP contribution < -0.4 is 9.62 Å². The number of anilines is 1. The molecule has 9 heteroatoms. The zero-order valence-electron chi connectivity index (χ0n) is 21.1. The Hall–Kier alpha value is -2.94. The van der Waals surface area contributed by atoms with Crippen molar-refractivity contribution < 1.29 is 22.4 Å². The lowest BCUT2D eigenvalue weighted by atomic mass is 10.0. The lowest BCUT2D eigenvalue weighted by molar-refractivity contribution is -0.140. The molecule has 0 spiro atoms. The molecule has 1 N–H and O–H groups in total. The lowest BCUT2D eigenvalue weighted by Gasteiger charge is -2.33. The SMILES string of the molecule is CCCNC(=O)[C@H](CC)N(Cc1ccc(F)cc1)C(=O)CN(c1ccc(C(C)C)cc1)S(C)(=O)=O. The van der Waals surface area contributed by atoms with Crippen LogP contribution in [0.2, 0.25) is 0 Å². The van der Waals surface area contributed by atoms with E-state index in [-0.39, 0.29) is 18.4 Å². The number of benzene rings is 2. The Labute approximate surface area is 208 Å². The maximum Gasteiger partial charge on any atom is 0.244 e. The minimum atomic E-state index is -3.79. The summed E-state index contributed by atoms with van der Waals surface area (Å²) in [6.07, 6.45) is 2.12. The fourth-order valence-corrected chi connectivity index (χ4v) is 4.56. The molecule has 0 aliphatic carbocycles. The first-order chi connectivity index (χ1) is 16.5. The molecule has 0 aliphatic rings. The first-order valence-electron chi connectivity index (χ1n) is 11.9. The molecule has 0 aliphatic heterocycles. The molecule has 7 nitrogen and oxygen atoms in total. The molecule has 0 fully saturated rings. The van der Waals surface area contributed by atoms with Crippen molar-refractivity contribution in [2.45, 2.75) is 59.0 Å². The monoisotopic (exact) mass is 505 g/mol. The van der Waals surface area contributed by atoms with Crippen molar-refractivity contribution in [1.29, 1.82) is 0 Å². The third kappa shape index (κ3) is 8.06. The van der Waals surface area contributed by atoms with Gasteiger partial charge in [0.05, 0.1) is 11.9 Å². The minimum absolute atomic E-state index is 0.0427. The maximum absolute atomic E-state index is 13.6. The number of carbonyl (C=O) groups is 2. The van der Waals surface area contributed by atoms with Gasteiger partial charge in [0.25, 0.3) is 0 Å². The Kier molecular flexibility index (Phi) is 10.2.